The van der Waals surface area contributed by atoms with E-state index >= 15 is 0 Å². The maximum absolute atomic E-state index is 11.7. The molecule has 1 aliphatic carbocycles. The third-order valence-corrected chi connectivity index (χ3v) is 4.40. The van der Waals surface area contributed by atoms with Gasteiger partial charge >= 0.3 is 11.9 Å². The maximum Gasteiger partial charge on any atom is 0.306 e. The second-order valence-corrected chi connectivity index (χ2v) is 6.53. The normalized spacial score (nSPS) is 18.5. The van der Waals surface area contributed by atoms with E-state index in [9.17, 15) is 9.59 Å². The lowest BCUT2D eigenvalue weighted by Crippen LogP contribution is -2.22. The van der Waals surface area contributed by atoms with E-state index in [1.165, 1.54) is 12.8 Å². The Hall–Kier alpha value is -1.06. The highest BCUT2D eigenvalue weighted by atomic mass is 16.5. The van der Waals surface area contributed by atoms with Gasteiger partial charge in [-0.2, -0.15) is 0 Å². The molecule has 0 aromatic heterocycles. The second-order valence-electron chi connectivity index (χ2n) is 6.53. The standard InChI is InChI=1S/C17H30O4/c1-12(2)13(3)20-16(18)10-7-11-17(19)21-14(4)15-8-5-6-9-15/h12-15H,5-11H2,1-4H3. The van der Waals surface area contributed by atoms with Crippen LogP contribution in [0.5, 0.6) is 0 Å². The first kappa shape index (κ1) is 18.0. The molecule has 1 aliphatic rings. The molecule has 0 aromatic rings. The van der Waals surface area contributed by atoms with Crippen LogP contribution < -0.4 is 0 Å². The molecule has 2 unspecified atom stereocenters. The van der Waals surface area contributed by atoms with E-state index in [0.717, 1.165) is 12.8 Å². The van der Waals surface area contributed by atoms with Crippen molar-refractivity contribution in [2.45, 2.75) is 84.8 Å². The van der Waals surface area contributed by atoms with Crippen LogP contribution in [0.3, 0.4) is 0 Å². The third-order valence-electron chi connectivity index (χ3n) is 4.40. The fourth-order valence-electron chi connectivity index (χ4n) is 2.57. The summed E-state index contributed by atoms with van der Waals surface area (Å²) in [4.78, 5) is 23.3. The topological polar surface area (TPSA) is 52.6 Å². The highest BCUT2D eigenvalue weighted by Gasteiger charge is 2.24. The van der Waals surface area contributed by atoms with Gasteiger partial charge in [0, 0.05) is 12.8 Å². The van der Waals surface area contributed by atoms with Gasteiger partial charge < -0.3 is 9.47 Å². The molecule has 1 rings (SSSR count). The van der Waals surface area contributed by atoms with E-state index in [4.69, 9.17) is 9.47 Å². The van der Waals surface area contributed by atoms with Crippen LogP contribution in [0.4, 0.5) is 0 Å². The van der Waals surface area contributed by atoms with Crippen LogP contribution in [0.25, 0.3) is 0 Å². The van der Waals surface area contributed by atoms with Gasteiger partial charge in [0.1, 0.15) is 12.2 Å². The van der Waals surface area contributed by atoms with E-state index in [1.807, 2.05) is 27.7 Å². The number of ether oxygens (including phenoxy) is 2. The lowest BCUT2D eigenvalue weighted by atomic mass is 10.0. The molecule has 2 atom stereocenters. The van der Waals surface area contributed by atoms with E-state index in [1.54, 1.807) is 0 Å². The van der Waals surface area contributed by atoms with Crippen LogP contribution in [-0.2, 0) is 19.1 Å². The van der Waals surface area contributed by atoms with Gasteiger partial charge in [0.15, 0.2) is 0 Å². The molecule has 0 aliphatic heterocycles. The van der Waals surface area contributed by atoms with Crippen LogP contribution in [0.15, 0.2) is 0 Å². The monoisotopic (exact) mass is 298 g/mol. The summed E-state index contributed by atoms with van der Waals surface area (Å²) in [6, 6.07) is 0. The molecule has 0 radical (unpaired) electrons. The average Bonchev–Trinajstić information content (AvgIpc) is 2.92. The first-order valence-corrected chi connectivity index (χ1v) is 8.29. The summed E-state index contributed by atoms with van der Waals surface area (Å²) in [5, 5.41) is 0. The van der Waals surface area contributed by atoms with Gasteiger partial charge in [-0.05, 0) is 44.9 Å². The Kier molecular flexibility index (Phi) is 7.76. The van der Waals surface area contributed by atoms with Crippen molar-refractivity contribution in [2.24, 2.45) is 11.8 Å². The van der Waals surface area contributed by atoms with E-state index in [0.29, 0.717) is 24.7 Å². The van der Waals surface area contributed by atoms with Crippen LogP contribution in [0, 0.1) is 11.8 Å². The summed E-state index contributed by atoms with van der Waals surface area (Å²) in [5.74, 6) is 0.406. The summed E-state index contributed by atoms with van der Waals surface area (Å²) in [6.07, 6.45) is 5.81. The number of hydrogen-bond acceptors (Lipinski definition) is 4. The molecule has 4 heteroatoms. The van der Waals surface area contributed by atoms with Gasteiger partial charge in [-0.3, -0.25) is 9.59 Å². The molecule has 1 saturated carbocycles. The molecule has 0 bridgehead atoms. The van der Waals surface area contributed by atoms with Crippen LogP contribution in [-0.4, -0.2) is 24.1 Å². The molecule has 0 N–H and O–H groups in total. The first-order valence-electron chi connectivity index (χ1n) is 8.29. The molecule has 0 aromatic carbocycles. The van der Waals surface area contributed by atoms with E-state index in [2.05, 4.69) is 0 Å². The minimum Gasteiger partial charge on any atom is -0.462 e. The lowest BCUT2D eigenvalue weighted by Gasteiger charge is -2.19. The summed E-state index contributed by atoms with van der Waals surface area (Å²) >= 11 is 0. The molecule has 122 valence electrons. The minimum absolute atomic E-state index is 0.00733. The largest absolute Gasteiger partial charge is 0.462 e. The van der Waals surface area contributed by atoms with Crippen LogP contribution >= 0.6 is 0 Å². The highest BCUT2D eigenvalue weighted by molar-refractivity contribution is 5.72. The van der Waals surface area contributed by atoms with Gasteiger partial charge in [-0.25, -0.2) is 0 Å². The smallest absolute Gasteiger partial charge is 0.306 e. The van der Waals surface area contributed by atoms with Gasteiger partial charge in [0.05, 0.1) is 0 Å². The van der Waals surface area contributed by atoms with Crippen molar-refractivity contribution in [1.82, 2.24) is 0 Å². The SMILES string of the molecule is CC(C)C(C)OC(=O)CCCC(=O)OC(C)C1CCCC1. The molecule has 21 heavy (non-hydrogen) atoms. The zero-order valence-corrected chi connectivity index (χ0v) is 13.9. The molecule has 0 saturated heterocycles. The maximum atomic E-state index is 11.7. The summed E-state index contributed by atoms with van der Waals surface area (Å²) in [6.45, 7) is 7.89. The van der Waals surface area contributed by atoms with Crippen molar-refractivity contribution in [3.63, 3.8) is 0 Å². The predicted molar refractivity (Wildman–Crippen MR) is 81.8 cm³/mol. The van der Waals surface area contributed by atoms with Crippen molar-refractivity contribution >= 4 is 11.9 Å². The van der Waals surface area contributed by atoms with Crippen molar-refractivity contribution < 1.29 is 19.1 Å². The molecule has 0 heterocycles. The molecule has 0 spiro atoms. The van der Waals surface area contributed by atoms with Crippen molar-refractivity contribution in [3.8, 4) is 0 Å². The molecular weight excluding hydrogens is 268 g/mol. The Labute approximate surface area is 128 Å². The fraction of sp³-hybridized carbons (Fsp3) is 0.882. The van der Waals surface area contributed by atoms with Gasteiger partial charge in [0.25, 0.3) is 0 Å². The highest BCUT2D eigenvalue weighted by Crippen LogP contribution is 2.29. The molecule has 1 fully saturated rings. The Balaban J connectivity index is 2.13. The minimum atomic E-state index is -0.229. The molecule has 4 nitrogen and oxygen atoms in total. The second kappa shape index (κ2) is 9.06. The fourth-order valence-corrected chi connectivity index (χ4v) is 2.57. The van der Waals surface area contributed by atoms with E-state index < -0.39 is 0 Å². The van der Waals surface area contributed by atoms with Gasteiger partial charge in [-0.15, -0.1) is 0 Å². The molecular formula is C17H30O4. The Morgan fingerprint density at radius 2 is 1.48 bits per heavy atom. The van der Waals surface area contributed by atoms with Crippen LogP contribution in [0.1, 0.15) is 72.6 Å². The Bertz CT molecular complexity index is 332. The molecule has 0 amide bonds. The Morgan fingerprint density at radius 3 is 2.00 bits per heavy atom. The van der Waals surface area contributed by atoms with E-state index in [-0.39, 0.29) is 30.6 Å². The van der Waals surface area contributed by atoms with Gasteiger partial charge in [0.2, 0.25) is 0 Å². The predicted octanol–water partition coefficient (Wildman–Crippen LogP) is 3.87. The summed E-state index contributed by atoms with van der Waals surface area (Å²) in [5.41, 5.74) is 0. The number of carbonyl (C=O) groups excluding carboxylic acids is 2. The number of carbonyl (C=O) groups is 2. The Morgan fingerprint density at radius 1 is 0.952 bits per heavy atom. The van der Waals surface area contributed by atoms with Crippen molar-refractivity contribution in [3.05, 3.63) is 0 Å². The zero-order chi connectivity index (χ0) is 15.8. The lowest BCUT2D eigenvalue weighted by molar-refractivity contribution is -0.152. The quantitative estimate of drug-likeness (QED) is 0.638. The van der Waals surface area contributed by atoms with Crippen molar-refractivity contribution in [2.75, 3.05) is 0 Å². The van der Waals surface area contributed by atoms with Gasteiger partial charge in [-0.1, -0.05) is 26.7 Å². The average molecular weight is 298 g/mol. The summed E-state index contributed by atoms with van der Waals surface area (Å²) < 4.78 is 10.7. The van der Waals surface area contributed by atoms with Crippen molar-refractivity contribution in [1.29, 1.82) is 0 Å². The summed E-state index contributed by atoms with van der Waals surface area (Å²) in [7, 11) is 0. The first-order chi connectivity index (χ1) is 9.90. The van der Waals surface area contributed by atoms with Crippen LogP contribution in [0.2, 0.25) is 0 Å². The number of rotatable bonds is 8. The zero-order valence-electron chi connectivity index (χ0n) is 13.9. The number of esters is 2. The third kappa shape index (κ3) is 6.96. The number of hydrogen-bond donors (Lipinski definition) is 0.